The number of aromatic nitrogens is 4. The lowest BCUT2D eigenvalue weighted by Crippen LogP contribution is -2.15. The Bertz CT molecular complexity index is 1070. The van der Waals surface area contributed by atoms with Gasteiger partial charge in [0.1, 0.15) is 22.7 Å². The Morgan fingerprint density at radius 2 is 1.89 bits per heavy atom. The Hall–Kier alpha value is -2.85. The second-order valence-corrected chi connectivity index (χ2v) is 5.89. The maximum Gasteiger partial charge on any atom is 0.416 e. The van der Waals surface area contributed by atoms with E-state index in [1.165, 1.54) is 13.8 Å². The molecule has 2 heterocycles. The molecule has 3 rings (SSSR count). The molecule has 1 atom stereocenters. The van der Waals surface area contributed by atoms with Crippen molar-refractivity contribution in [1.82, 2.24) is 19.7 Å². The number of hydrogen-bond donors (Lipinski definition) is 1. The summed E-state index contributed by atoms with van der Waals surface area (Å²) in [6.45, 7) is 2.77. The fraction of sp³-hybridized carbons (Fsp3) is 0.312. The first kappa shape index (κ1) is 18.9. The topological polar surface area (TPSA) is 63.6 Å². The van der Waals surface area contributed by atoms with Gasteiger partial charge in [0.15, 0.2) is 5.65 Å². The largest absolute Gasteiger partial charge is 0.416 e. The molecule has 0 unspecified atom stereocenters. The first-order valence-corrected chi connectivity index (χ1v) is 7.64. The van der Waals surface area contributed by atoms with E-state index in [4.69, 9.17) is 0 Å². The maximum absolute atomic E-state index is 14.3. The van der Waals surface area contributed by atoms with Crippen molar-refractivity contribution < 1.29 is 26.3 Å². The molecule has 0 spiro atoms. The predicted octanol–water partition coefficient (Wildman–Crippen LogP) is 4.13. The molecule has 1 N–H and O–H groups in total. The summed E-state index contributed by atoms with van der Waals surface area (Å²) < 4.78 is 79.8. The molecule has 3 aromatic rings. The molecule has 0 amide bonds. The molecule has 0 aliphatic carbocycles. The molecular formula is C16H12F6N4O. The molecule has 0 fully saturated rings. The van der Waals surface area contributed by atoms with Crippen LogP contribution in [0.4, 0.5) is 26.3 Å². The van der Waals surface area contributed by atoms with Gasteiger partial charge in [0.25, 0.3) is 12.0 Å². The first-order chi connectivity index (χ1) is 12.5. The van der Waals surface area contributed by atoms with E-state index in [0.29, 0.717) is 12.1 Å². The van der Waals surface area contributed by atoms with E-state index in [1.807, 2.05) is 0 Å². The molecule has 27 heavy (non-hydrogen) atoms. The summed E-state index contributed by atoms with van der Waals surface area (Å²) in [4.78, 5) is 18.3. The van der Waals surface area contributed by atoms with Crippen LogP contribution in [0.5, 0.6) is 0 Å². The smallest absolute Gasteiger partial charge is 0.310 e. The zero-order valence-electron chi connectivity index (χ0n) is 13.9. The van der Waals surface area contributed by atoms with Gasteiger partial charge in [-0.25, -0.2) is 22.8 Å². The fourth-order valence-electron chi connectivity index (χ4n) is 2.78. The van der Waals surface area contributed by atoms with Crippen LogP contribution in [0.3, 0.4) is 0 Å². The molecule has 0 bridgehead atoms. The summed E-state index contributed by atoms with van der Waals surface area (Å²) in [5, 5.41) is 3.23. The van der Waals surface area contributed by atoms with E-state index in [-0.39, 0.29) is 17.0 Å². The number of benzene rings is 1. The van der Waals surface area contributed by atoms with E-state index >= 15 is 0 Å². The Kier molecular flexibility index (Phi) is 4.48. The molecule has 144 valence electrons. The van der Waals surface area contributed by atoms with E-state index in [1.54, 1.807) is 0 Å². The second-order valence-electron chi connectivity index (χ2n) is 5.89. The van der Waals surface area contributed by atoms with Crippen LogP contribution in [0.1, 0.15) is 42.0 Å². The zero-order valence-corrected chi connectivity index (χ0v) is 13.9. The van der Waals surface area contributed by atoms with Crippen LogP contribution in [0.25, 0.3) is 11.0 Å². The third kappa shape index (κ3) is 3.28. The van der Waals surface area contributed by atoms with E-state index < -0.39 is 46.7 Å². The maximum atomic E-state index is 14.3. The highest BCUT2D eigenvalue weighted by molar-refractivity contribution is 5.77. The van der Waals surface area contributed by atoms with Gasteiger partial charge in [-0.2, -0.15) is 18.3 Å². The highest BCUT2D eigenvalue weighted by Crippen LogP contribution is 2.33. The second kappa shape index (κ2) is 6.39. The number of nitrogens with zero attached hydrogens (tertiary/aromatic N) is 3. The number of rotatable bonds is 3. The normalized spacial score (nSPS) is 13.5. The van der Waals surface area contributed by atoms with Crippen LogP contribution < -0.4 is 5.56 Å². The first-order valence-electron chi connectivity index (χ1n) is 7.64. The summed E-state index contributed by atoms with van der Waals surface area (Å²) in [6, 6.07) is 0.811. The average molecular weight is 390 g/mol. The summed E-state index contributed by atoms with van der Waals surface area (Å²) in [6.07, 6.45) is -7.82. The number of aryl methyl sites for hydroxylation is 1. The van der Waals surface area contributed by atoms with E-state index in [2.05, 4.69) is 15.1 Å². The lowest BCUT2D eigenvalue weighted by atomic mass is 10.0. The van der Waals surface area contributed by atoms with Crippen LogP contribution in [0.15, 0.2) is 23.0 Å². The Balaban J connectivity index is 2.20. The van der Waals surface area contributed by atoms with E-state index in [9.17, 15) is 31.1 Å². The van der Waals surface area contributed by atoms with Crippen LogP contribution in [-0.2, 0) is 6.18 Å². The summed E-state index contributed by atoms with van der Waals surface area (Å²) in [5.41, 5.74) is -3.27. The van der Waals surface area contributed by atoms with Gasteiger partial charge in [-0.05, 0) is 26.0 Å². The molecule has 5 nitrogen and oxygen atoms in total. The van der Waals surface area contributed by atoms with Crippen molar-refractivity contribution in [2.45, 2.75) is 32.5 Å². The monoisotopic (exact) mass is 390 g/mol. The van der Waals surface area contributed by atoms with Crippen molar-refractivity contribution >= 4 is 11.0 Å². The van der Waals surface area contributed by atoms with Gasteiger partial charge in [-0.1, -0.05) is 6.07 Å². The molecule has 0 aliphatic heterocycles. The number of fused-ring (bicyclic) bond motifs is 1. The van der Waals surface area contributed by atoms with Crippen molar-refractivity contribution in [1.29, 1.82) is 0 Å². The highest BCUT2D eigenvalue weighted by Gasteiger charge is 2.32. The fourth-order valence-corrected chi connectivity index (χ4v) is 2.78. The molecule has 1 aromatic carbocycles. The lowest BCUT2D eigenvalue weighted by Gasteiger charge is -2.16. The minimum absolute atomic E-state index is 0.120. The standard InChI is InChI=1S/C16H12F6N4O/c1-6(9-4-3-8(5-10(9)17)16(20,21)22)26-14-11(12(25-26)13(18)19)15(27)24-7(2)23-14/h3-6,13H,1-2H3,(H,23,24,27)/t6-/m1/s1. The molecule has 11 heteroatoms. The van der Waals surface area contributed by atoms with Crippen molar-refractivity contribution in [2.75, 3.05) is 0 Å². The van der Waals surface area contributed by atoms with Crippen molar-refractivity contribution in [3.05, 3.63) is 57.0 Å². The van der Waals surface area contributed by atoms with Crippen molar-refractivity contribution in [3.63, 3.8) is 0 Å². The predicted molar refractivity (Wildman–Crippen MR) is 83.1 cm³/mol. The van der Waals surface area contributed by atoms with Crippen molar-refractivity contribution in [3.8, 4) is 0 Å². The molecule has 0 saturated heterocycles. The van der Waals surface area contributed by atoms with Crippen LogP contribution in [0.2, 0.25) is 0 Å². The third-order valence-electron chi connectivity index (χ3n) is 4.06. The van der Waals surface area contributed by atoms with Crippen molar-refractivity contribution in [2.24, 2.45) is 0 Å². The molecule has 0 radical (unpaired) electrons. The van der Waals surface area contributed by atoms with Gasteiger partial charge < -0.3 is 4.98 Å². The number of aromatic amines is 1. The van der Waals surface area contributed by atoms with E-state index in [0.717, 1.165) is 10.7 Å². The number of nitrogens with one attached hydrogen (secondary N) is 1. The third-order valence-corrected chi connectivity index (χ3v) is 4.06. The van der Waals surface area contributed by atoms with Gasteiger partial charge in [-0.15, -0.1) is 0 Å². The molecule has 0 saturated carbocycles. The quantitative estimate of drug-likeness (QED) is 0.684. The SMILES string of the molecule is Cc1nc2c(c(C(F)F)nn2[C@H](C)c2ccc(C(F)(F)F)cc2F)c(=O)[nH]1. The Labute approximate surface area is 147 Å². The van der Waals surface area contributed by atoms with Gasteiger partial charge in [-0.3, -0.25) is 4.79 Å². The van der Waals surface area contributed by atoms with Crippen LogP contribution in [-0.4, -0.2) is 19.7 Å². The number of halogens is 6. The van der Waals surface area contributed by atoms with Gasteiger partial charge in [0.05, 0.1) is 11.6 Å². The van der Waals surface area contributed by atoms with Gasteiger partial charge in [0, 0.05) is 5.56 Å². The Morgan fingerprint density at radius 3 is 2.44 bits per heavy atom. The van der Waals surface area contributed by atoms with Gasteiger partial charge >= 0.3 is 6.18 Å². The summed E-state index contributed by atoms with van der Waals surface area (Å²) >= 11 is 0. The molecular weight excluding hydrogens is 378 g/mol. The van der Waals surface area contributed by atoms with Crippen LogP contribution >= 0.6 is 0 Å². The number of H-pyrrole nitrogens is 1. The van der Waals surface area contributed by atoms with Gasteiger partial charge in [0.2, 0.25) is 0 Å². The minimum atomic E-state index is -4.73. The molecule has 0 aliphatic rings. The number of hydrogen-bond acceptors (Lipinski definition) is 3. The average Bonchev–Trinajstić information content (AvgIpc) is 2.93. The van der Waals surface area contributed by atoms with Crippen LogP contribution in [0, 0.1) is 12.7 Å². The molecule has 2 aromatic heterocycles. The minimum Gasteiger partial charge on any atom is -0.310 e. The number of alkyl halides is 5. The Morgan fingerprint density at radius 1 is 1.22 bits per heavy atom. The summed E-state index contributed by atoms with van der Waals surface area (Å²) in [7, 11) is 0. The zero-order chi connectivity index (χ0) is 20.1. The lowest BCUT2D eigenvalue weighted by molar-refractivity contribution is -0.137. The highest BCUT2D eigenvalue weighted by atomic mass is 19.4. The summed E-state index contributed by atoms with van der Waals surface area (Å²) in [5.74, 6) is -1.06.